The van der Waals surface area contributed by atoms with Crippen LogP contribution in [-0.2, 0) is 4.79 Å². The van der Waals surface area contributed by atoms with Crippen LogP contribution in [0.2, 0.25) is 0 Å². The first-order valence-electron chi connectivity index (χ1n) is 7.01. The van der Waals surface area contributed by atoms with Gasteiger partial charge in [0.25, 0.3) is 5.91 Å². The fourth-order valence-electron chi connectivity index (χ4n) is 2.11. The molecule has 0 fully saturated rings. The molecule has 22 heavy (non-hydrogen) atoms. The second-order valence-corrected chi connectivity index (χ2v) is 5.20. The lowest BCUT2D eigenvalue weighted by atomic mass is 10.1. The first-order valence-corrected chi connectivity index (χ1v) is 7.01. The van der Waals surface area contributed by atoms with Crippen molar-refractivity contribution in [1.82, 2.24) is 0 Å². The summed E-state index contributed by atoms with van der Waals surface area (Å²) >= 11 is 0. The molecular formula is C18H18N2O2. The Balaban J connectivity index is 2.02. The normalized spacial score (nSPS) is 9.91. The van der Waals surface area contributed by atoms with Crippen molar-refractivity contribution in [2.24, 2.45) is 0 Å². The summed E-state index contributed by atoms with van der Waals surface area (Å²) < 4.78 is 5.59. The lowest BCUT2D eigenvalue weighted by Gasteiger charge is -2.12. The summed E-state index contributed by atoms with van der Waals surface area (Å²) in [7, 11) is 0. The van der Waals surface area contributed by atoms with E-state index in [1.807, 2.05) is 39.0 Å². The molecule has 1 amide bonds. The van der Waals surface area contributed by atoms with E-state index >= 15 is 0 Å². The summed E-state index contributed by atoms with van der Waals surface area (Å²) in [5.41, 5.74) is 4.23. The van der Waals surface area contributed by atoms with Gasteiger partial charge in [0, 0.05) is 0 Å². The van der Waals surface area contributed by atoms with E-state index in [9.17, 15) is 4.79 Å². The van der Waals surface area contributed by atoms with Crippen LogP contribution in [-0.4, -0.2) is 12.5 Å². The average Bonchev–Trinajstić information content (AvgIpc) is 2.50. The molecule has 0 aliphatic heterocycles. The Labute approximate surface area is 130 Å². The third-order valence-electron chi connectivity index (χ3n) is 3.47. The summed E-state index contributed by atoms with van der Waals surface area (Å²) in [6, 6.07) is 12.9. The van der Waals surface area contributed by atoms with Gasteiger partial charge in [-0.1, -0.05) is 18.2 Å². The van der Waals surface area contributed by atoms with Gasteiger partial charge in [0.05, 0.1) is 11.3 Å². The van der Waals surface area contributed by atoms with Crippen LogP contribution in [0, 0.1) is 32.1 Å². The van der Waals surface area contributed by atoms with E-state index in [0.29, 0.717) is 17.0 Å². The van der Waals surface area contributed by atoms with Gasteiger partial charge in [-0.25, -0.2) is 0 Å². The molecule has 1 N–H and O–H groups in total. The molecule has 0 bridgehead atoms. The minimum Gasteiger partial charge on any atom is -0.483 e. The number of nitrogens with one attached hydrogen (secondary N) is 1. The molecule has 0 saturated carbocycles. The van der Waals surface area contributed by atoms with E-state index in [1.165, 1.54) is 5.56 Å². The maximum absolute atomic E-state index is 12.0. The number of para-hydroxylation sites is 1. The molecule has 4 nitrogen and oxygen atoms in total. The average molecular weight is 294 g/mol. The maximum Gasteiger partial charge on any atom is 0.262 e. The third kappa shape index (κ3) is 3.64. The summed E-state index contributed by atoms with van der Waals surface area (Å²) in [6.07, 6.45) is 0. The number of carbonyl (C=O) groups is 1. The van der Waals surface area contributed by atoms with Crippen molar-refractivity contribution in [2.75, 3.05) is 11.9 Å². The molecule has 0 radical (unpaired) electrons. The minimum absolute atomic E-state index is 0.0941. The van der Waals surface area contributed by atoms with Crippen LogP contribution < -0.4 is 10.1 Å². The van der Waals surface area contributed by atoms with Crippen LogP contribution in [0.4, 0.5) is 5.69 Å². The van der Waals surface area contributed by atoms with Crippen LogP contribution in [0.15, 0.2) is 36.4 Å². The van der Waals surface area contributed by atoms with E-state index in [2.05, 4.69) is 5.32 Å². The van der Waals surface area contributed by atoms with Crippen molar-refractivity contribution in [1.29, 1.82) is 5.26 Å². The number of nitriles is 1. The van der Waals surface area contributed by atoms with Gasteiger partial charge in [0.1, 0.15) is 11.8 Å². The van der Waals surface area contributed by atoms with Crippen LogP contribution >= 0.6 is 0 Å². The largest absolute Gasteiger partial charge is 0.483 e. The number of hydrogen-bond acceptors (Lipinski definition) is 3. The van der Waals surface area contributed by atoms with Gasteiger partial charge in [-0.2, -0.15) is 5.26 Å². The molecule has 0 aliphatic rings. The van der Waals surface area contributed by atoms with Crippen LogP contribution in [0.3, 0.4) is 0 Å². The predicted octanol–water partition coefficient (Wildman–Crippen LogP) is 3.50. The lowest BCUT2D eigenvalue weighted by molar-refractivity contribution is -0.118. The number of carbonyl (C=O) groups excluding carboxylic acids is 1. The van der Waals surface area contributed by atoms with Crippen molar-refractivity contribution >= 4 is 11.6 Å². The molecule has 0 saturated heterocycles. The Morgan fingerprint density at radius 2 is 1.82 bits per heavy atom. The van der Waals surface area contributed by atoms with Gasteiger partial charge in [0.15, 0.2) is 6.61 Å². The number of aryl methyl sites for hydroxylation is 3. The van der Waals surface area contributed by atoms with Gasteiger partial charge in [-0.3, -0.25) is 4.79 Å². The Bertz CT molecular complexity index is 745. The summed E-state index contributed by atoms with van der Waals surface area (Å²) in [5, 5.41) is 11.7. The molecule has 2 aromatic rings. The van der Waals surface area contributed by atoms with E-state index < -0.39 is 0 Å². The van der Waals surface area contributed by atoms with Gasteiger partial charge in [0.2, 0.25) is 0 Å². The number of anilines is 1. The second kappa shape index (κ2) is 6.77. The minimum atomic E-state index is -0.291. The Morgan fingerprint density at radius 3 is 2.55 bits per heavy atom. The molecule has 0 aromatic heterocycles. The summed E-state index contributed by atoms with van der Waals surface area (Å²) in [4.78, 5) is 12.0. The van der Waals surface area contributed by atoms with Crippen LogP contribution in [0.1, 0.15) is 22.3 Å². The highest BCUT2D eigenvalue weighted by molar-refractivity contribution is 5.93. The molecule has 4 heteroatoms. The SMILES string of the molecule is Cc1cc(C)c(OCC(=O)Nc2ccccc2C#N)cc1C. The lowest BCUT2D eigenvalue weighted by Crippen LogP contribution is -2.21. The molecule has 112 valence electrons. The first kappa shape index (κ1) is 15.6. The van der Waals surface area contributed by atoms with Gasteiger partial charge < -0.3 is 10.1 Å². The van der Waals surface area contributed by atoms with E-state index in [4.69, 9.17) is 10.00 Å². The summed E-state index contributed by atoms with van der Waals surface area (Å²) in [6.45, 7) is 5.90. The number of ether oxygens (including phenoxy) is 1. The quantitative estimate of drug-likeness (QED) is 0.938. The number of benzene rings is 2. The van der Waals surface area contributed by atoms with Gasteiger partial charge in [-0.15, -0.1) is 0 Å². The maximum atomic E-state index is 12.0. The number of amides is 1. The molecule has 0 atom stereocenters. The zero-order valence-electron chi connectivity index (χ0n) is 12.9. The van der Waals surface area contributed by atoms with Gasteiger partial charge in [-0.05, 0) is 55.7 Å². The molecule has 0 aliphatic carbocycles. The zero-order chi connectivity index (χ0) is 16.1. The van der Waals surface area contributed by atoms with E-state index in [-0.39, 0.29) is 12.5 Å². The fraction of sp³-hybridized carbons (Fsp3) is 0.222. The molecular weight excluding hydrogens is 276 g/mol. The van der Waals surface area contributed by atoms with Crippen molar-refractivity contribution < 1.29 is 9.53 Å². The Hall–Kier alpha value is -2.80. The Morgan fingerprint density at radius 1 is 1.14 bits per heavy atom. The summed E-state index contributed by atoms with van der Waals surface area (Å²) in [5.74, 6) is 0.409. The van der Waals surface area contributed by atoms with Crippen molar-refractivity contribution in [3.05, 3.63) is 58.7 Å². The van der Waals surface area contributed by atoms with Crippen molar-refractivity contribution in [2.45, 2.75) is 20.8 Å². The number of nitrogens with zero attached hydrogens (tertiary/aromatic N) is 1. The number of hydrogen-bond donors (Lipinski definition) is 1. The van der Waals surface area contributed by atoms with E-state index in [0.717, 1.165) is 11.1 Å². The topological polar surface area (TPSA) is 62.1 Å². The van der Waals surface area contributed by atoms with Crippen molar-refractivity contribution in [3.63, 3.8) is 0 Å². The van der Waals surface area contributed by atoms with Crippen LogP contribution in [0.5, 0.6) is 5.75 Å². The number of rotatable bonds is 4. The molecule has 0 heterocycles. The third-order valence-corrected chi connectivity index (χ3v) is 3.47. The van der Waals surface area contributed by atoms with Crippen LogP contribution in [0.25, 0.3) is 0 Å². The van der Waals surface area contributed by atoms with Crippen molar-refractivity contribution in [3.8, 4) is 11.8 Å². The zero-order valence-corrected chi connectivity index (χ0v) is 12.9. The molecule has 0 spiro atoms. The molecule has 2 aromatic carbocycles. The standard InChI is InChI=1S/C18H18N2O2/c1-12-8-14(3)17(9-13(12)2)22-11-18(21)20-16-7-5-4-6-15(16)10-19/h4-9H,11H2,1-3H3,(H,20,21). The van der Waals surface area contributed by atoms with E-state index in [1.54, 1.807) is 24.3 Å². The smallest absolute Gasteiger partial charge is 0.262 e. The Kier molecular flexibility index (Phi) is 4.80. The molecule has 0 unspecified atom stereocenters. The molecule has 2 rings (SSSR count). The second-order valence-electron chi connectivity index (χ2n) is 5.20. The van der Waals surface area contributed by atoms with Gasteiger partial charge >= 0.3 is 0 Å². The first-order chi connectivity index (χ1) is 10.5. The highest BCUT2D eigenvalue weighted by atomic mass is 16.5. The highest BCUT2D eigenvalue weighted by Crippen LogP contribution is 2.22. The monoisotopic (exact) mass is 294 g/mol. The predicted molar refractivity (Wildman–Crippen MR) is 85.9 cm³/mol. The highest BCUT2D eigenvalue weighted by Gasteiger charge is 2.09. The fourth-order valence-corrected chi connectivity index (χ4v) is 2.11.